The first-order valence-corrected chi connectivity index (χ1v) is 7.39. The smallest absolute Gasteiger partial charge is 0.161 e. The highest BCUT2D eigenvalue weighted by Gasteiger charge is 2.29. The average molecular weight is 292 g/mol. The molecule has 1 atom stereocenters. The summed E-state index contributed by atoms with van der Waals surface area (Å²) in [5, 5.41) is 0. The van der Waals surface area contributed by atoms with Gasteiger partial charge < -0.3 is 20.1 Å². The Morgan fingerprint density at radius 3 is 2.29 bits per heavy atom. The van der Waals surface area contributed by atoms with Crippen LogP contribution in [0.5, 0.6) is 11.5 Å². The van der Waals surface area contributed by atoms with E-state index in [-0.39, 0.29) is 0 Å². The van der Waals surface area contributed by atoms with Crippen LogP contribution in [-0.4, -0.2) is 38.8 Å². The van der Waals surface area contributed by atoms with E-state index in [0.29, 0.717) is 17.9 Å². The first-order chi connectivity index (χ1) is 10.0. The summed E-state index contributed by atoms with van der Waals surface area (Å²) in [5.41, 5.74) is 7.24. The molecular weight excluding hydrogens is 264 g/mol. The normalized spacial score (nSPS) is 13.8. The van der Waals surface area contributed by atoms with Gasteiger partial charge in [0.05, 0.1) is 19.8 Å². The molecule has 0 aliphatic carbocycles. The fourth-order valence-corrected chi connectivity index (χ4v) is 2.52. The van der Waals surface area contributed by atoms with E-state index < -0.39 is 5.54 Å². The third-order valence-electron chi connectivity index (χ3n) is 3.87. The first kappa shape index (κ1) is 17.5. The van der Waals surface area contributed by atoms with Crippen LogP contribution in [-0.2, 0) is 5.54 Å². The summed E-state index contributed by atoms with van der Waals surface area (Å²) in [6, 6.07) is 5.88. The van der Waals surface area contributed by atoms with Crippen molar-refractivity contribution in [3.63, 3.8) is 0 Å². The monoisotopic (exact) mass is 292 g/mol. The third kappa shape index (κ3) is 4.22. The van der Waals surface area contributed by atoms with Crippen LogP contribution >= 0.6 is 0 Å². The number of hydrogen-bond acceptors (Lipinski definition) is 4. The number of benzene rings is 1. The molecule has 4 nitrogen and oxygen atoms in total. The Bertz CT molecular complexity index is 458. The van der Waals surface area contributed by atoms with Gasteiger partial charge in [-0.15, -0.1) is 6.58 Å². The van der Waals surface area contributed by atoms with Crippen molar-refractivity contribution in [2.75, 3.05) is 33.9 Å². The van der Waals surface area contributed by atoms with Crippen molar-refractivity contribution >= 4 is 0 Å². The van der Waals surface area contributed by atoms with E-state index in [1.165, 1.54) is 0 Å². The lowest BCUT2D eigenvalue weighted by atomic mass is 9.86. The molecule has 118 valence electrons. The second-order valence-corrected chi connectivity index (χ2v) is 5.18. The maximum absolute atomic E-state index is 6.69. The quantitative estimate of drug-likeness (QED) is 0.711. The minimum atomic E-state index is -0.479. The van der Waals surface area contributed by atoms with Crippen molar-refractivity contribution in [2.24, 2.45) is 5.73 Å². The lowest BCUT2D eigenvalue weighted by Crippen LogP contribution is -2.47. The number of methoxy groups -OCH3 is 2. The fourth-order valence-electron chi connectivity index (χ4n) is 2.52. The fraction of sp³-hybridized carbons (Fsp3) is 0.529. The van der Waals surface area contributed by atoms with Crippen LogP contribution < -0.4 is 15.2 Å². The van der Waals surface area contributed by atoms with Gasteiger partial charge in [-0.3, -0.25) is 0 Å². The molecule has 0 amide bonds. The molecule has 0 aliphatic heterocycles. The van der Waals surface area contributed by atoms with Gasteiger partial charge in [-0.05, 0) is 37.2 Å². The average Bonchev–Trinajstić information content (AvgIpc) is 2.52. The molecule has 1 rings (SSSR count). The van der Waals surface area contributed by atoms with E-state index in [4.69, 9.17) is 15.2 Å². The van der Waals surface area contributed by atoms with Crippen LogP contribution in [0.4, 0.5) is 0 Å². The predicted octanol–water partition coefficient (Wildman–Crippen LogP) is 2.78. The van der Waals surface area contributed by atoms with Gasteiger partial charge in [0.15, 0.2) is 11.5 Å². The van der Waals surface area contributed by atoms with Crippen LogP contribution in [0, 0.1) is 0 Å². The predicted molar refractivity (Wildman–Crippen MR) is 88.0 cm³/mol. The maximum atomic E-state index is 6.69. The highest BCUT2D eigenvalue weighted by molar-refractivity contribution is 5.45. The van der Waals surface area contributed by atoms with E-state index in [1.54, 1.807) is 14.2 Å². The Hall–Kier alpha value is -1.52. The van der Waals surface area contributed by atoms with Gasteiger partial charge >= 0.3 is 0 Å². The Kier molecular flexibility index (Phi) is 6.72. The largest absolute Gasteiger partial charge is 0.493 e. The Balaban J connectivity index is 3.17. The van der Waals surface area contributed by atoms with Crippen LogP contribution in [0.3, 0.4) is 0 Å². The molecule has 1 aromatic carbocycles. The summed E-state index contributed by atoms with van der Waals surface area (Å²) in [6.07, 6.45) is 2.58. The van der Waals surface area contributed by atoms with Gasteiger partial charge in [0.1, 0.15) is 0 Å². The molecule has 4 heteroatoms. The molecule has 1 unspecified atom stereocenters. The summed E-state index contributed by atoms with van der Waals surface area (Å²) in [6.45, 7) is 10.9. The molecule has 0 radical (unpaired) electrons. The van der Waals surface area contributed by atoms with Gasteiger partial charge in [0.25, 0.3) is 0 Å². The lowest BCUT2D eigenvalue weighted by Gasteiger charge is -2.34. The van der Waals surface area contributed by atoms with Crippen molar-refractivity contribution in [3.05, 3.63) is 36.4 Å². The molecule has 0 bridgehead atoms. The molecule has 21 heavy (non-hydrogen) atoms. The number of likely N-dealkylation sites (N-methyl/N-ethyl adjacent to an activating group) is 1. The topological polar surface area (TPSA) is 47.7 Å². The van der Waals surface area contributed by atoms with Crippen LogP contribution in [0.1, 0.15) is 25.8 Å². The second kappa shape index (κ2) is 8.05. The van der Waals surface area contributed by atoms with Gasteiger partial charge in [-0.25, -0.2) is 0 Å². The van der Waals surface area contributed by atoms with Crippen molar-refractivity contribution in [2.45, 2.75) is 25.8 Å². The lowest BCUT2D eigenvalue weighted by molar-refractivity contribution is 0.226. The Labute approximate surface area is 128 Å². The van der Waals surface area contributed by atoms with E-state index in [2.05, 4.69) is 25.3 Å². The standard InChI is InChI=1S/C17H28N2O2/c1-6-11-17(18,13-19(7-2)8-3)14-9-10-15(20-4)16(12-14)21-5/h6,9-10,12H,1,7-8,11,13,18H2,2-5H3. The van der Waals surface area contributed by atoms with Crippen LogP contribution in [0.15, 0.2) is 30.9 Å². The summed E-state index contributed by atoms with van der Waals surface area (Å²) < 4.78 is 10.7. The maximum Gasteiger partial charge on any atom is 0.161 e. The molecule has 0 fully saturated rings. The van der Waals surface area contributed by atoms with Crippen molar-refractivity contribution in [1.29, 1.82) is 0 Å². The van der Waals surface area contributed by atoms with Gasteiger partial charge in [-0.2, -0.15) is 0 Å². The van der Waals surface area contributed by atoms with Crippen molar-refractivity contribution < 1.29 is 9.47 Å². The zero-order valence-corrected chi connectivity index (χ0v) is 13.7. The summed E-state index contributed by atoms with van der Waals surface area (Å²) in [7, 11) is 3.27. The Morgan fingerprint density at radius 1 is 1.19 bits per heavy atom. The zero-order valence-electron chi connectivity index (χ0n) is 13.7. The number of hydrogen-bond donors (Lipinski definition) is 1. The molecule has 0 aliphatic rings. The number of ether oxygens (including phenoxy) is 2. The third-order valence-corrected chi connectivity index (χ3v) is 3.87. The van der Waals surface area contributed by atoms with Gasteiger partial charge in [0, 0.05) is 6.54 Å². The van der Waals surface area contributed by atoms with E-state index in [0.717, 1.165) is 25.2 Å². The molecule has 1 aromatic rings. The van der Waals surface area contributed by atoms with E-state index in [9.17, 15) is 0 Å². The number of nitrogens with zero attached hydrogens (tertiary/aromatic N) is 1. The summed E-state index contributed by atoms with van der Waals surface area (Å²) in [5.74, 6) is 1.42. The molecule has 0 heterocycles. The second-order valence-electron chi connectivity index (χ2n) is 5.18. The molecular formula is C17H28N2O2. The minimum Gasteiger partial charge on any atom is -0.493 e. The van der Waals surface area contributed by atoms with Gasteiger partial charge in [0.2, 0.25) is 0 Å². The highest BCUT2D eigenvalue weighted by Crippen LogP contribution is 2.33. The molecule has 0 spiro atoms. The van der Waals surface area contributed by atoms with Crippen molar-refractivity contribution in [1.82, 2.24) is 4.90 Å². The molecule has 2 N–H and O–H groups in total. The van der Waals surface area contributed by atoms with Gasteiger partial charge in [-0.1, -0.05) is 26.0 Å². The number of rotatable bonds is 9. The zero-order chi connectivity index (χ0) is 15.9. The number of nitrogens with two attached hydrogens (primary N) is 1. The Morgan fingerprint density at radius 2 is 1.81 bits per heavy atom. The summed E-state index contributed by atoms with van der Waals surface area (Å²) >= 11 is 0. The SMILES string of the molecule is C=CCC(N)(CN(CC)CC)c1ccc(OC)c(OC)c1. The summed E-state index contributed by atoms with van der Waals surface area (Å²) in [4.78, 5) is 2.32. The molecule has 0 saturated carbocycles. The molecule has 0 aromatic heterocycles. The first-order valence-electron chi connectivity index (χ1n) is 7.39. The van der Waals surface area contributed by atoms with Crippen molar-refractivity contribution in [3.8, 4) is 11.5 Å². The molecule has 0 saturated heterocycles. The van der Waals surface area contributed by atoms with Crippen LogP contribution in [0.2, 0.25) is 0 Å². The van der Waals surface area contributed by atoms with E-state index in [1.807, 2.05) is 24.3 Å². The minimum absolute atomic E-state index is 0.479. The van der Waals surface area contributed by atoms with Crippen LogP contribution in [0.25, 0.3) is 0 Å². The highest BCUT2D eigenvalue weighted by atomic mass is 16.5. The van der Waals surface area contributed by atoms with E-state index >= 15 is 0 Å².